The molecule has 0 radical (unpaired) electrons. The molecule has 0 atom stereocenters. The van der Waals surface area contributed by atoms with Crippen molar-refractivity contribution in [3.63, 3.8) is 0 Å². The second kappa shape index (κ2) is 8.50. The number of hydrogen-bond acceptors (Lipinski definition) is 5. The van der Waals surface area contributed by atoms with E-state index in [1.807, 2.05) is 29.8 Å². The van der Waals surface area contributed by atoms with E-state index in [0.717, 1.165) is 17.7 Å². The minimum Gasteiger partial charge on any atom is -0.491 e. The molecule has 3 rings (SSSR count). The summed E-state index contributed by atoms with van der Waals surface area (Å²) in [6, 6.07) is 10.7. The Kier molecular flexibility index (Phi) is 5.87. The van der Waals surface area contributed by atoms with Crippen molar-refractivity contribution in [3.8, 4) is 17.0 Å². The summed E-state index contributed by atoms with van der Waals surface area (Å²) in [6.45, 7) is 2.52. The summed E-state index contributed by atoms with van der Waals surface area (Å²) >= 11 is 1.56. The van der Waals surface area contributed by atoms with E-state index in [0.29, 0.717) is 23.9 Å². The van der Waals surface area contributed by atoms with Crippen molar-refractivity contribution in [2.45, 2.75) is 13.3 Å². The van der Waals surface area contributed by atoms with Crippen LogP contribution in [0.1, 0.15) is 13.3 Å². The lowest BCUT2D eigenvalue weighted by Crippen LogP contribution is -2.30. The third kappa shape index (κ3) is 4.53. The van der Waals surface area contributed by atoms with E-state index in [1.54, 1.807) is 42.6 Å². The van der Waals surface area contributed by atoms with Crippen molar-refractivity contribution in [2.24, 2.45) is 7.05 Å². The van der Waals surface area contributed by atoms with E-state index in [4.69, 9.17) is 4.74 Å². The standard InChI is InChI=1S/C19H20N4O3S/c1-3-9-26-16-7-5-4-6-14(16)20-18(24)19(25)21-17-11-15(22-23(17)2)13-8-10-27-12-13/h4-8,10-12H,3,9H2,1-2H3,(H,20,24)(H,21,25). The zero-order chi connectivity index (χ0) is 19.2. The van der Waals surface area contributed by atoms with E-state index in [1.165, 1.54) is 4.68 Å². The number of para-hydroxylation sites is 2. The van der Waals surface area contributed by atoms with Gasteiger partial charge in [-0.2, -0.15) is 16.4 Å². The summed E-state index contributed by atoms with van der Waals surface area (Å²) in [5, 5.41) is 13.4. The summed E-state index contributed by atoms with van der Waals surface area (Å²) < 4.78 is 7.11. The molecule has 0 fully saturated rings. The molecule has 1 aromatic carbocycles. The Bertz CT molecular complexity index is 934. The van der Waals surface area contributed by atoms with Gasteiger partial charge in [-0.25, -0.2) is 0 Å². The largest absolute Gasteiger partial charge is 0.491 e. The molecule has 3 aromatic rings. The van der Waals surface area contributed by atoms with Crippen molar-refractivity contribution in [2.75, 3.05) is 17.2 Å². The van der Waals surface area contributed by atoms with Gasteiger partial charge >= 0.3 is 11.8 Å². The van der Waals surface area contributed by atoms with E-state index in [9.17, 15) is 9.59 Å². The molecular weight excluding hydrogens is 364 g/mol. The van der Waals surface area contributed by atoms with Crippen LogP contribution < -0.4 is 15.4 Å². The van der Waals surface area contributed by atoms with Gasteiger partial charge in [0, 0.05) is 24.1 Å². The van der Waals surface area contributed by atoms with E-state index >= 15 is 0 Å². The number of nitrogens with one attached hydrogen (secondary N) is 2. The monoisotopic (exact) mass is 384 g/mol. The highest BCUT2D eigenvalue weighted by atomic mass is 32.1. The molecule has 0 bridgehead atoms. The second-order valence-electron chi connectivity index (χ2n) is 5.80. The van der Waals surface area contributed by atoms with Gasteiger partial charge in [0.2, 0.25) is 0 Å². The number of hydrogen-bond donors (Lipinski definition) is 2. The van der Waals surface area contributed by atoms with Gasteiger partial charge in [0.1, 0.15) is 11.6 Å². The molecule has 2 amide bonds. The predicted molar refractivity (Wildman–Crippen MR) is 106 cm³/mol. The molecule has 0 aliphatic heterocycles. The molecule has 0 spiro atoms. The molecular formula is C19H20N4O3S. The number of benzene rings is 1. The number of thiophene rings is 1. The number of ether oxygens (including phenoxy) is 1. The van der Waals surface area contributed by atoms with Gasteiger partial charge in [-0.15, -0.1) is 0 Å². The van der Waals surface area contributed by atoms with Gasteiger partial charge in [-0.3, -0.25) is 14.3 Å². The van der Waals surface area contributed by atoms with Gasteiger partial charge in [0.25, 0.3) is 0 Å². The molecule has 140 valence electrons. The molecule has 2 aromatic heterocycles. The Morgan fingerprint density at radius 1 is 1.19 bits per heavy atom. The van der Waals surface area contributed by atoms with Crippen LogP contribution >= 0.6 is 11.3 Å². The molecule has 8 heteroatoms. The number of aryl methyl sites for hydroxylation is 1. The fourth-order valence-electron chi connectivity index (χ4n) is 2.40. The zero-order valence-electron chi connectivity index (χ0n) is 15.1. The average molecular weight is 384 g/mol. The summed E-state index contributed by atoms with van der Waals surface area (Å²) in [7, 11) is 1.71. The van der Waals surface area contributed by atoms with Gasteiger partial charge in [-0.05, 0) is 30.0 Å². The molecule has 7 nitrogen and oxygen atoms in total. The maximum absolute atomic E-state index is 12.3. The SMILES string of the molecule is CCCOc1ccccc1NC(=O)C(=O)Nc1cc(-c2ccsc2)nn1C. The fourth-order valence-corrected chi connectivity index (χ4v) is 3.05. The first-order chi connectivity index (χ1) is 13.1. The lowest BCUT2D eigenvalue weighted by molar-refractivity contribution is -0.133. The third-order valence-electron chi connectivity index (χ3n) is 3.74. The van der Waals surface area contributed by atoms with Crippen LogP contribution in [-0.2, 0) is 16.6 Å². The minimum absolute atomic E-state index is 0.437. The molecule has 0 saturated heterocycles. The second-order valence-corrected chi connectivity index (χ2v) is 6.58. The summed E-state index contributed by atoms with van der Waals surface area (Å²) in [5.74, 6) is -0.589. The molecule has 27 heavy (non-hydrogen) atoms. The number of aromatic nitrogens is 2. The Balaban J connectivity index is 1.68. The summed E-state index contributed by atoms with van der Waals surface area (Å²) in [4.78, 5) is 24.6. The van der Waals surface area contributed by atoms with E-state index < -0.39 is 11.8 Å². The fraction of sp³-hybridized carbons (Fsp3) is 0.211. The lowest BCUT2D eigenvalue weighted by atomic mass is 10.2. The zero-order valence-corrected chi connectivity index (χ0v) is 15.9. The highest BCUT2D eigenvalue weighted by Gasteiger charge is 2.18. The molecule has 2 N–H and O–H groups in total. The highest BCUT2D eigenvalue weighted by molar-refractivity contribution is 7.08. The van der Waals surface area contributed by atoms with Crippen molar-refractivity contribution in [1.29, 1.82) is 0 Å². The highest BCUT2D eigenvalue weighted by Crippen LogP contribution is 2.25. The normalized spacial score (nSPS) is 10.4. The maximum atomic E-state index is 12.3. The number of carbonyl (C=O) groups is 2. The Hall–Kier alpha value is -3.13. The molecule has 0 saturated carbocycles. The quantitative estimate of drug-likeness (QED) is 0.637. The third-order valence-corrected chi connectivity index (χ3v) is 4.42. The van der Waals surface area contributed by atoms with Crippen LogP contribution in [0, 0.1) is 0 Å². The van der Waals surface area contributed by atoms with Gasteiger partial charge in [0.05, 0.1) is 18.0 Å². The molecule has 0 unspecified atom stereocenters. The lowest BCUT2D eigenvalue weighted by Gasteiger charge is -2.11. The van der Waals surface area contributed by atoms with E-state index in [-0.39, 0.29) is 0 Å². The predicted octanol–water partition coefficient (Wildman–Crippen LogP) is 3.51. The van der Waals surface area contributed by atoms with Crippen LogP contribution in [0.3, 0.4) is 0 Å². The smallest absolute Gasteiger partial charge is 0.315 e. The van der Waals surface area contributed by atoms with E-state index in [2.05, 4.69) is 15.7 Å². The molecule has 0 aliphatic rings. The van der Waals surface area contributed by atoms with Crippen LogP contribution in [0.4, 0.5) is 11.5 Å². The first-order valence-electron chi connectivity index (χ1n) is 8.49. The molecule has 2 heterocycles. The first kappa shape index (κ1) is 18.7. The number of amides is 2. The van der Waals surface area contributed by atoms with Crippen molar-refractivity contribution < 1.29 is 14.3 Å². The Morgan fingerprint density at radius 3 is 2.70 bits per heavy atom. The van der Waals surface area contributed by atoms with Crippen LogP contribution in [-0.4, -0.2) is 28.2 Å². The van der Waals surface area contributed by atoms with Crippen molar-refractivity contribution >= 4 is 34.7 Å². The number of anilines is 2. The van der Waals surface area contributed by atoms with Crippen LogP contribution in [0.15, 0.2) is 47.2 Å². The average Bonchev–Trinajstić information content (AvgIpc) is 3.31. The number of rotatable bonds is 6. The van der Waals surface area contributed by atoms with Gasteiger partial charge < -0.3 is 15.4 Å². The van der Waals surface area contributed by atoms with Crippen LogP contribution in [0.25, 0.3) is 11.3 Å². The number of nitrogens with zero attached hydrogens (tertiary/aromatic N) is 2. The summed E-state index contributed by atoms with van der Waals surface area (Å²) in [5.41, 5.74) is 2.14. The Morgan fingerprint density at radius 2 is 1.96 bits per heavy atom. The topological polar surface area (TPSA) is 85.2 Å². The van der Waals surface area contributed by atoms with Gasteiger partial charge in [-0.1, -0.05) is 19.1 Å². The minimum atomic E-state index is -0.778. The van der Waals surface area contributed by atoms with Gasteiger partial charge in [0.15, 0.2) is 0 Å². The maximum Gasteiger partial charge on any atom is 0.315 e. The summed E-state index contributed by atoms with van der Waals surface area (Å²) in [6.07, 6.45) is 0.843. The van der Waals surface area contributed by atoms with Crippen LogP contribution in [0.2, 0.25) is 0 Å². The molecule has 0 aliphatic carbocycles. The van der Waals surface area contributed by atoms with Crippen molar-refractivity contribution in [1.82, 2.24) is 9.78 Å². The first-order valence-corrected chi connectivity index (χ1v) is 9.43. The Labute approximate surface area is 161 Å². The van der Waals surface area contributed by atoms with Crippen LogP contribution in [0.5, 0.6) is 5.75 Å². The number of carbonyl (C=O) groups excluding carboxylic acids is 2. The van der Waals surface area contributed by atoms with Crippen molar-refractivity contribution in [3.05, 3.63) is 47.2 Å².